The SMILES string of the molecule is O=C(CS)OC(=O)CS. The van der Waals surface area contributed by atoms with Crippen molar-refractivity contribution in [2.24, 2.45) is 0 Å². The number of thiol groups is 2. The molecule has 0 saturated heterocycles. The molecule has 0 bridgehead atoms. The van der Waals surface area contributed by atoms with Crippen LogP contribution < -0.4 is 0 Å². The summed E-state index contributed by atoms with van der Waals surface area (Å²) < 4.78 is 4.12. The van der Waals surface area contributed by atoms with Gasteiger partial charge in [-0.1, -0.05) is 0 Å². The van der Waals surface area contributed by atoms with E-state index < -0.39 is 11.9 Å². The maximum absolute atomic E-state index is 10.2. The van der Waals surface area contributed by atoms with Crippen LogP contribution in [0.2, 0.25) is 0 Å². The normalized spacial score (nSPS) is 8.67. The molecule has 0 aliphatic heterocycles. The van der Waals surface area contributed by atoms with Crippen molar-refractivity contribution >= 4 is 37.2 Å². The third-order valence-electron chi connectivity index (χ3n) is 0.486. The molecule has 0 unspecified atom stereocenters. The molecule has 0 amide bonds. The summed E-state index contributed by atoms with van der Waals surface area (Å²) in [6, 6.07) is 0. The first-order chi connectivity index (χ1) is 4.20. The topological polar surface area (TPSA) is 43.4 Å². The van der Waals surface area contributed by atoms with Crippen molar-refractivity contribution < 1.29 is 14.3 Å². The molecule has 0 aliphatic carbocycles. The van der Waals surface area contributed by atoms with Crippen molar-refractivity contribution in [3.8, 4) is 0 Å². The fourth-order valence-electron chi connectivity index (χ4n) is 0.192. The number of carbonyl (C=O) groups excluding carboxylic acids is 2. The minimum absolute atomic E-state index is 0.0838. The fourth-order valence-corrected chi connectivity index (χ4v) is 0.321. The van der Waals surface area contributed by atoms with Crippen molar-refractivity contribution in [1.82, 2.24) is 0 Å². The first-order valence-electron chi connectivity index (χ1n) is 2.16. The molecule has 0 atom stereocenters. The Hall–Kier alpha value is -0.160. The molecule has 0 radical (unpaired) electrons. The number of rotatable bonds is 2. The Morgan fingerprint density at radius 3 is 1.67 bits per heavy atom. The minimum Gasteiger partial charge on any atom is -0.392 e. The van der Waals surface area contributed by atoms with Gasteiger partial charge >= 0.3 is 11.9 Å². The molecule has 0 aliphatic rings. The van der Waals surface area contributed by atoms with Gasteiger partial charge in [-0.3, -0.25) is 9.59 Å². The molecule has 0 heterocycles. The second kappa shape index (κ2) is 4.69. The molecule has 0 fully saturated rings. The smallest absolute Gasteiger partial charge is 0.323 e. The summed E-state index contributed by atoms with van der Waals surface area (Å²) in [7, 11) is 0. The van der Waals surface area contributed by atoms with Crippen molar-refractivity contribution in [2.45, 2.75) is 0 Å². The van der Waals surface area contributed by atoms with Crippen LogP contribution in [0, 0.1) is 0 Å². The molecule has 0 N–H and O–H groups in total. The predicted molar refractivity (Wildman–Crippen MR) is 38.8 cm³/mol. The molecule has 0 aromatic heterocycles. The van der Waals surface area contributed by atoms with E-state index in [1.54, 1.807) is 0 Å². The third-order valence-corrected chi connectivity index (χ3v) is 1.00. The Balaban J connectivity index is 3.47. The van der Waals surface area contributed by atoms with Gasteiger partial charge < -0.3 is 4.74 Å². The minimum atomic E-state index is -0.641. The van der Waals surface area contributed by atoms with E-state index in [0.29, 0.717) is 0 Å². The number of hydrogen-bond donors (Lipinski definition) is 2. The largest absolute Gasteiger partial charge is 0.392 e. The Bertz CT molecular complexity index is 109. The van der Waals surface area contributed by atoms with Crippen LogP contribution in [-0.4, -0.2) is 23.4 Å². The third kappa shape index (κ3) is 4.35. The average molecular weight is 166 g/mol. The van der Waals surface area contributed by atoms with Crippen molar-refractivity contribution in [3.05, 3.63) is 0 Å². The lowest BCUT2D eigenvalue weighted by Crippen LogP contribution is -2.13. The molecule has 5 heteroatoms. The van der Waals surface area contributed by atoms with Gasteiger partial charge in [-0.15, -0.1) is 0 Å². The zero-order valence-corrected chi connectivity index (χ0v) is 6.32. The van der Waals surface area contributed by atoms with Crippen LogP contribution in [0.4, 0.5) is 0 Å². The Morgan fingerprint density at radius 1 is 1.11 bits per heavy atom. The summed E-state index contributed by atoms with van der Waals surface area (Å²) in [5.74, 6) is -1.45. The van der Waals surface area contributed by atoms with Gasteiger partial charge in [0.25, 0.3) is 0 Å². The Morgan fingerprint density at radius 2 is 1.44 bits per heavy atom. The van der Waals surface area contributed by atoms with E-state index in [0.717, 1.165) is 0 Å². The van der Waals surface area contributed by atoms with Gasteiger partial charge in [0.15, 0.2) is 0 Å². The highest BCUT2D eigenvalue weighted by molar-refractivity contribution is 7.81. The van der Waals surface area contributed by atoms with Gasteiger partial charge in [0.1, 0.15) is 0 Å². The summed E-state index contributed by atoms with van der Waals surface area (Å²) in [5, 5.41) is 0. The lowest BCUT2D eigenvalue weighted by molar-refractivity contribution is -0.155. The molecule has 0 spiro atoms. The zero-order valence-electron chi connectivity index (χ0n) is 4.53. The number of hydrogen-bond acceptors (Lipinski definition) is 5. The second-order valence-corrected chi connectivity index (χ2v) is 1.79. The molecule has 0 saturated carbocycles. The summed E-state index contributed by atoms with van der Waals surface area (Å²) in [6.07, 6.45) is 0. The van der Waals surface area contributed by atoms with Crippen molar-refractivity contribution in [1.29, 1.82) is 0 Å². The monoisotopic (exact) mass is 166 g/mol. The van der Waals surface area contributed by atoms with Crippen molar-refractivity contribution in [3.63, 3.8) is 0 Å². The van der Waals surface area contributed by atoms with E-state index in [1.807, 2.05) is 0 Å². The average Bonchev–Trinajstić information content (AvgIpc) is 1.87. The predicted octanol–water partition coefficient (Wildman–Crippen LogP) is -0.0842. The second-order valence-electron chi connectivity index (χ2n) is 1.16. The molecule has 9 heavy (non-hydrogen) atoms. The number of esters is 2. The van der Waals surface area contributed by atoms with Gasteiger partial charge in [0, 0.05) is 0 Å². The number of ether oxygens (including phenoxy) is 1. The van der Waals surface area contributed by atoms with E-state index in [-0.39, 0.29) is 11.5 Å². The van der Waals surface area contributed by atoms with Crippen LogP contribution in [0.25, 0.3) is 0 Å². The zero-order chi connectivity index (χ0) is 7.28. The van der Waals surface area contributed by atoms with Gasteiger partial charge in [0.05, 0.1) is 11.5 Å². The van der Waals surface area contributed by atoms with E-state index in [2.05, 4.69) is 30.0 Å². The highest BCUT2D eigenvalue weighted by Gasteiger charge is 2.04. The van der Waals surface area contributed by atoms with E-state index in [4.69, 9.17) is 0 Å². The van der Waals surface area contributed by atoms with Crippen LogP contribution in [0.15, 0.2) is 0 Å². The molecular formula is C4H6O3S2. The van der Waals surface area contributed by atoms with Crippen LogP contribution >= 0.6 is 25.3 Å². The van der Waals surface area contributed by atoms with Crippen LogP contribution in [0.3, 0.4) is 0 Å². The van der Waals surface area contributed by atoms with Gasteiger partial charge in [-0.2, -0.15) is 25.3 Å². The summed E-state index contributed by atoms with van der Waals surface area (Å²) >= 11 is 7.15. The lowest BCUT2D eigenvalue weighted by atomic mass is 10.7. The first kappa shape index (κ1) is 8.84. The molecular weight excluding hydrogens is 160 g/mol. The van der Waals surface area contributed by atoms with Crippen LogP contribution in [-0.2, 0) is 14.3 Å². The lowest BCUT2D eigenvalue weighted by Gasteiger charge is -1.94. The van der Waals surface area contributed by atoms with Gasteiger partial charge in [0.2, 0.25) is 0 Å². The Labute approximate surface area is 63.6 Å². The summed E-state index contributed by atoms with van der Waals surface area (Å²) in [4.78, 5) is 20.5. The highest BCUT2D eigenvalue weighted by atomic mass is 32.1. The van der Waals surface area contributed by atoms with E-state index in [1.165, 1.54) is 0 Å². The van der Waals surface area contributed by atoms with Crippen molar-refractivity contribution in [2.75, 3.05) is 11.5 Å². The standard InChI is InChI=1S/C4H6O3S2/c5-3(1-8)7-4(6)2-9/h8-9H,1-2H2. The van der Waals surface area contributed by atoms with Gasteiger partial charge in [-0.05, 0) is 0 Å². The van der Waals surface area contributed by atoms with Crippen LogP contribution in [0.5, 0.6) is 0 Å². The highest BCUT2D eigenvalue weighted by Crippen LogP contribution is 1.85. The first-order valence-corrected chi connectivity index (χ1v) is 3.42. The molecule has 0 aromatic rings. The fraction of sp³-hybridized carbons (Fsp3) is 0.500. The maximum atomic E-state index is 10.2. The summed E-state index contributed by atoms with van der Waals surface area (Å²) in [5.41, 5.74) is 0. The maximum Gasteiger partial charge on any atom is 0.323 e. The summed E-state index contributed by atoms with van der Waals surface area (Å²) in [6.45, 7) is 0. The van der Waals surface area contributed by atoms with Gasteiger partial charge in [-0.25, -0.2) is 0 Å². The molecule has 52 valence electrons. The van der Waals surface area contributed by atoms with E-state index in [9.17, 15) is 9.59 Å². The molecule has 0 aromatic carbocycles. The number of carbonyl (C=O) groups is 2. The quantitative estimate of drug-likeness (QED) is 0.342. The van der Waals surface area contributed by atoms with E-state index >= 15 is 0 Å². The Kier molecular flexibility index (Phi) is 4.61. The molecule has 3 nitrogen and oxygen atoms in total. The van der Waals surface area contributed by atoms with Crippen LogP contribution in [0.1, 0.15) is 0 Å². The molecule has 0 rings (SSSR count).